The molecule has 0 aromatic carbocycles. The molecule has 4 nitrogen and oxygen atoms in total. The van der Waals surface area contributed by atoms with Gasteiger partial charge in [0.1, 0.15) is 6.61 Å². The summed E-state index contributed by atoms with van der Waals surface area (Å²) >= 11 is 0. The van der Waals surface area contributed by atoms with Crippen molar-refractivity contribution in [2.45, 2.75) is 13.3 Å². The summed E-state index contributed by atoms with van der Waals surface area (Å²) in [5, 5.41) is 0. The van der Waals surface area contributed by atoms with Gasteiger partial charge in [0.2, 0.25) is 0 Å². The van der Waals surface area contributed by atoms with Gasteiger partial charge in [-0.1, -0.05) is 0 Å². The number of nitrogens with two attached hydrogens (primary N) is 1. The van der Waals surface area contributed by atoms with Gasteiger partial charge < -0.3 is 15.2 Å². The fourth-order valence-electron chi connectivity index (χ4n) is 0.562. The van der Waals surface area contributed by atoms with Crippen molar-refractivity contribution in [2.24, 2.45) is 5.73 Å². The lowest BCUT2D eigenvalue weighted by molar-refractivity contribution is -0.121. The summed E-state index contributed by atoms with van der Waals surface area (Å²) in [6.45, 7) is 3.08. The first-order chi connectivity index (χ1) is 5.27. The molecule has 0 fully saturated rings. The average molecular weight is 161 g/mol. The summed E-state index contributed by atoms with van der Waals surface area (Å²) in [4.78, 5) is 10.4. The van der Waals surface area contributed by atoms with Crippen LogP contribution in [0.3, 0.4) is 0 Å². The third-order valence-corrected chi connectivity index (χ3v) is 1.00. The van der Waals surface area contributed by atoms with E-state index in [0.717, 1.165) is 6.42 Å². The van der Waals surface area contributed by atoms with Crippen LogP contribution < -0.4 is 5.73 Å². The summed E-state index contributed by atoms with van der Waals surface area (Å²) in [6.07, 6.45) is 0.782. The van der Waals surface area contributed by atoms with E-state index >= 15 is 0 Å². The maximum atomic E-state index is 10.4. The third kappa shape index (κ3) is 9.55. The topological polar surface area (TPSA) is 61.5 Å². The Balaban J connectivity index is 2.85. The number of Topliss-reactive ketones (excluding diaryl/α,β-unsaturated/α-hetero) is 1. The molecule has 0 aromatic heterocycles. The van der Waals surface area contributed by atoms with Crippen LogP contribution in [-0.2, 0) is 14.3 Å². The van der Waals surface area contributed by atoms with Gasteiger partial charge in [-0.3, -0.25) is 4.79 Å². The van der Waals surface area contributed by atoms with Crippen molar-refractivity contribution in [1.82, 2.24) is 0 Å². The van der Waals surface area contributed by atoms with Crippen molar-refractivity contribution >= 4 is 5.78 Å². The molecule has 0 atom stereocenters. The van der Waals surface area contributed by atoms with E-state index in [1.165, 1.54) is 6.92 Å². The first kappa shape index (κ1) is 10.6. The molecule has 0 spiro atoms. The van der Waals surface area contributed by atoms with Gasteiger partial charge in [-0.2, -0.15) is 0 Å². The largest absolute Gasteiger partial charge is 0.374 e. The SMILES string of the molecule is CC(=O)COCCCOCN. The lowest BCUT2D eigenvalue weighted by Gasteiger charge is -2.01. The van der Waals surface area contributed by atoms with E-state index in [2.05, 4.69) is 0 Å². The monoisotopic (exact) mass is 161 g/mol. The molecule has 0 radical (unpaired) electrons. The molecule has 0 rings (SSSR count). The van der Waals surface area contributed by atoms with Crippen LogP contribution in [0.5, 0.6) is 0 Å². The molecule has 0 heterocycles. The summed E-state index contributed by atoms with van der Waals surface area (Å²) in [6, 6.07) is 0. The number of ketones is 1. The van der Waals surface area contributed by atoms with Crippen LogP contribution in [0.2, 0.25) is 0 Å². The standard InChI is InChI=1S/C7H15NO3/c1-7(9)5-10-3-2-4-11-6-8/h2-6,8H2,1H3. The van der Waals surface area contributed by atoms with E-state index in [1.807, 2.05) is 0 Å². The van der Waals surface area contributed by atoms with Gasteiger partial charge in [0.05, 0.1) is 13.3 Å². The fraction of sp³-hybridized carbons (Fsp3) is 0.857. The average Bonchev–Trinajstić information content (AvgIpc) is 1.96. The van der Waals surface area contributed by atoms with Crippen LogP contribution >= 0.6 is 0 Å². The first-order valence-corrected chi connectivity index (χ1v) is 3.62. The Bertz CT molecular complexity index is 106. The van der Waals surface area contributed by atoms with Gasteiger partial charge in [0.25, 0.3) is 0 Å². The molecule has 4 heteroatoms. The number of ether oxygens (including phenoxy) is 2. The Kier molecular flexibility index (Phi) is 7.34. The van der Waals surface area contributed by atoms with Gasteiger partial charge in [-0.15, -0.1) is 0 Å². The minimum atomic E-state index is 0.0461. The lowest BCUT2D eigenvalue weighted by atomic mass is 10.4. The van der Waals surface area contributed by atoms with E-state index in [9.17, 15) is 4.79 Å². The summed E-state index contributed by atoms with van der Waals surface area (Å²) in [5.41, 5.74) is 5.07. The van der Waals surface area contributed by atoms with Crippen molar-refractivity contribution in [2.75, 3.05) is 26.6 Å². The fourth-order valence-corrected chi connectivity index (χ4v) is 0.562. The Morgan fingerprint density at radius 1 is 1.36 bits per heavy atom. The molecule has 66 valence electrons. The van der Waals surface area contributed by atoms with Crippen LogP contribution in [-0.4, -0.2) is 32.3 Å². The molecule has 0 aliphatic heterocycles. The lowest BCUT2D eigenvalue weighted by Crippen LogP contribution is -2.09. The van der Waals surface area contributed by atoms with Crippen LogP contribution in [0.4, 0.5) is 0 Å². The van der Waals surface area contributed by atoms with E-state index in [0.29, 0.717) is 13.2 Å². The number of carbonyl (C=O) groups is 1. The number of carbonyl (C=O) groups excluding carboxylic acids is 1. The highest BCUT2D eigenvalue weighted by atomic mass is 16.5. The van der Waals surface area contributed by atoms with Crippen molar-refractivity contribution < 1.29 is 14.3 Å². The van der Waals surface area contributed by atoms with E-state index < -0.39 is 0 Å². The second kappa shape index (κ2) is 7.65. The van der Waals surface area contributed by atoms with Crippen molar-refractivity contribution in [1.29, 1.82) is 0 Å². The first-order valence-electron chi connectivity index (χ1n) is 3.62. The Labute approximate surface area is 66.7 Å². The van der Waals surface area contributed by atoms with E-state index in [4.69, 9.17) is 15.2 Å². The molecule has 0 aromatic rings. The van der Waals surface area contributed by atoms with Crippen molar-refractivity contribution in [3.8, 4) is 0 Å². The number of hydrogen-bond donors (Lipinski definition) is 1. The Hall–Kier alpha value is -0.450. The van der Waals surface area contributed by atoms with Gasteiger partial charge >= 0.3 is 0 Å². The van der Waals surface area contributed by atoms with Crippen molar-refractivity contribution in [3.63, 3.8) is 0 Å². The van der Waals surface area contributed by atoms with Gasteiger partial charge in [-0.05, 0) is 13.3 Å². The highest BCUT2D eigenvalue weighted by Gasteiger charge is 1.92. The molecular formula is C7H15NO3. The zero-order chi connectivity index (χ0) is 8.53. The molecule has 2 N–H and O–H groups in total. The predicted octanol–water partition coefficient (Wildman–Crippen LogP) is -0.0851. The number of rotatable bonds is 7. The molecule has 0 aliphatic carbocycles. The van der Waals surface area contributed by atoms with Crippen LogP contribution in [0.1, 0.15) is 13.3 Å². The quantitative estimate of drug-likeness (QED) is 0.419. The van der Waals surface area contributed by atoms with Gasteiger partial charge in [0.15, 0.2) is 5.78 Å². The molecule has 0 bridgehead atoms. The van der Waals surface area contributed by atoms with Crippen LogP contribution in [0.15, 0.2) is 0 Å². The van der Waals surface area contributed by atoms with Gasteiger partial charge in [0, 0.05) is 6.61 Å². The summed E-state index contributed by atoms with van der Waals surface area (Å²) in [7, 11) is 0. The second-order valence-electron chi connectivity index (χ2n) is 2.18. The Morgan fingerprint density at radius 2 is 2.00 bits per heavy atom. The highest BCUT2D eigenvalue weighted by Crippen LogP contribution is 1.84. The molecular weight excluding hydrogens is 146 g/mol. The minimum Gasteiger partial charge on any atom is -0.374 e. The molecule has 0 aliphatic rings. The smallest absolute Gasteiger partial charge is 0.155 e. The van der Waals surface area contributed by atoms with Gasteiger partial charge in [-0.25, -0.2) is 0 Å². The molecule has 0 amide bonds. The predicted molar refractivity (Wildman–Crippen MR) is 41.1 cm³/mol. The zero-order valence-electron chi connectivity index (χ0n) is 6.84. The molecule has 11 heavy (non-hydrogen) atoms. The van der Waals surface area contributed by atoms with E-state index in [-0.39, 0.29) is 19.1 Å². The molecule has 0 saturated heterocycles. The maximum absolute atomic E-state index is 10.4. The van der Waals surface area contributed by atoms with Crippen LogP contribution in [0.25, 0.3) is 0 Å². The van der Waals surface area contributed by atoms with Crippen LogP contribution in [0, 0.1) is 0 Å². The maximum Gasteiger partial charge on any atom is 0.155 e. The summed E-state index contributed by atoms with van der Waals surface area (Å²) in [5.74, 6) is 0.0461. The third-order valence-electron chi connectivity index (χ3n) is 1.00. The zero-order valence-corrected chi connectivity index (χ0v) is 6.84. The molecule has 0 unspecified atom stereocenters. The second-order valence-corrected chi connectivity index (χ2v) is 2.18. The van der Waals surface area contributed by atoms with E-state index in [1.54, 1.807) is 0 Å². The number of hydrogen-bond acceptors (Lipinski definition) is 4. The van der Waals surface area contributed by atoms with Crippen molar-refractivity contribution in [3.05, 3.63) is 0 Å². The Morgan fingerprint density at radius 3 is 2.55 bits per heavy atom. The highest BCUT2D eigenvalue weighted by molar-refractivity contribution is 5.76. The normalized spacial score (nSPS) is 10.0. The molecule has 0 saturated carbocycles. The summed E-state index contributed by atoms with van der Waals surface area (Å²) < 4.78 is 9.82. The minimum absolute atomic E-state index is 0.0461.